The second kappa shape index (κ2) is 6.95. The van der Waals surface area contributed by atoms with Crippen LogP contribution in [0.2, 0.25) is 0 Å². The topological polar surface area (TPSA) is 20.2 Å². The first kappa shape index (κ1) is 13.6. The number of rotatable bonds is 6. The van der Waals surface area contributed by atoms with Gasteiger partial charge in [-0.25, -0.2) is 0 Å². The van der Waals surface area contributed by atoms with Gasteiger partial charge in [-0.05, 0) is 57.5 Å². The molecule has 2 rings (SSSR count). The lowest BCUT2D eigenvalue weighted by Crippen LogP contribution is -2.42. The van der Waals surface area contributed by atoms with Crippen LogP contribution in [-0.4, -0.2) is 35.1 Å². The molecule has 1 aromatic heterocycles. The SMILES string of the molecule is CCCN1CCC(NCc2ccn(CC)c2)CC1. The van der Waals surface area contributed by atoms with Crippen molar-refractivity contribution in [3.05, 3.63) is 24.0 Å². The van der Waals surface area contributed by atoms with Gasteiger partial charge in [0.1, 0.15) is 0 Å². The maximum absolute atomic E-state index is 3.70. The summed E-state index contributed by atoms with van der Waals surface area (Å²) in [4.78, 5) is 2.59. The summed E-state index contributed by atoms with van der Waals surface area (Å²) in [6.07, 6.45) is 8.30. The Balaban J connectivity index is 1.68. The molecule has 1 aromatic rings. The summed E-state index contributed by atoms with van der Waals surface area (Å²) in [7, 11) is 0. The van der Waals surface area contributed by atoms with Gasteiger partial charge in [-0.2, -0.15) is 0 Å². The first-order valence-electron chi connectivity index (χ1n) is 7.42. The Morgan fingerprint density at radius 3 is 2.67 bits per heavy atom. The number of nitrogens with zero attached hydrogens (tertiary/aromatic N) is 2. The molecule has 1 fully saturated rings. The van der Waals surface area contributed by atoms with Gasteiger partial charge in [-0.3, -0.25) is 0 Å². The zero-order valence-electron chi connectivity index (χ0n) is 11.9. The van der Waals surface area contributed by atoms with Crippen LogP contribution in [0.1, 0.15) is 38.7 Å². The van der Waals surface area contributed by atoms with E-state index in [1.165, 1.54) is 44.5 Å². The van der Waals surface area contributed by atoms with Crippen molar-refractivity contribution < 1.29 is 0 Å². The highest BCUT2D eigenvalue weighted by Gasteiger charge is 2.17. The van der Waals surface area contributed by atoms with Crippen molar-refractivity contribution in [1.82, 2.24) is 14.8 Å². The molecule has 0 atom stereocenters. The van der Waals surface area contributed by atoms with Crippen LogP contribution < -0.4 is 5.32 Å². The lowest BCUT2D eigenvalue weighted by atomic mass is 10.0. The Bertz CT molecular complexity index is 337. The summed E-state index contributed by atoms with van der Waals surface area (Å²) >= 11 is 0. The average Bonchev–Trinajstić information content (AvgIpc) is 2.86. The van der Waals surface area contributed by atoms with Gasteiger partial charge in [-0.15, -0.1) is 0 Å². The van der Waals surface area contributed by atoms with Crippen molar-refractivity contribution in [3.8, 4) is 0 Å². The maximum atomic E-state index is 3.70. The van der Waals surface area contributed by atoms with Gasteiger partial charge in [0.2, 0.25) is 0 Å². The van der Waals surface area contributed by atoms with Crippen LogP contribution in [0.4, 0.5) is 0 Å². The Morgan fingerprint density at radius 1 is 1.28 bits per heavy atom. The van der Waals surface area contributed by atoms with Gasteiger partial charge in [0.05, 0.1) is 0 Å². The van der Waals surface area contributed by atoms with E-state index in [-0.39, 0.29) is 0 Å². The first-order chi connectivity index (χ1) is 8.81. The lowest BCUT2D eigenvalue weighted by molar-refractivity contribution is 0.197. The van der Waals surface area contributed by atoms with Gasteiger partial charge >= 0.3 is 0 Å². The highest BCUT2D eigenvalue weighted by atomic mass is 15.1. The Hall–Kier alpha value is -0.800. The van der Waals surface area contributed by atoms with E-state index in [4.69, 9.17) is 0 Å². The van der Waals surface area contributed by atoms with Crippen LogP contribution in [0, 0.1) is 0 Å². The third kappa shape index (κ3) is 3.85. The van der Waals surface area contributed by atoms with E-state index in [1.807, 2.05) is 0 Å². The molecule has 1 aliphatic heterocycles. The highest BCUT2D eigenvalue weighted by Crippen LogP contribution is 2.11. The second-order valence-electron chi connectivity index (χ2n) is 5.35. The van der Waals surface area contributed by atoms with Crippen molar-refractivity contribution in [2.75, 3.05) is 19.6 Å². The van der Waals surface area contributed by atoms with E-state index in [2.05, 4.69) is 47.1 Å². The summed E-state index contributed by atoms with van der Waals surface area (Å²) in [6, 6.07) is 2.94. The molecule has 0 aliphatic carbocycles. The smallest absolute Gasteiger partial charge is 0.0223 e. The molecule has 18 heavy (non-hydrogen) atoms. The number of hydrogen-bond acceptors (Lipinski definition) is 2. The zero-order valence-corrected chi connectivity index (χ0v) is 11.9. The minimum atomic E-state index is 0.711. The van der Waals surface area contributed by atoms with E-state index in [9.17, 15) is 0 Å². The second-order valence-corrected chi connectivity index (χ2v) is 5.35. The molecule has 0 bridgehead atoms. The number of hydrogen-bond donors (Lipinski definition) is 1. The normalized spacial score (nSPS) is 18.3. The van der Waals surface area contributed by atoms with Crippen LogP contribution >= 0.6 is 0 Å². The molecule has 0 saturated carbocycles. The van der Waals surface area contributed by atoms with Gasteiger partial charge in [0.25, 0.3) is 0 Å². The monoisotopic (exact) mass is 249 g/mol. The Labute approximate surface area is 111 Å². The van der Waals surface area contributed by atoms with E-state index in [1.54, 1.807) is 0 Å². The molecule has 1 aliphatic rings. The molecule has 1 saturated heterocycles. The van der Waals surface area contributed by atoms with Crippen molar-refractivity contribution in [1.29, 1.82) is 0 Å². The molecule has 3 nitrogen and oxygen atoms in total. The summed E-state index contributed by atoms with van der Waals surface area (Å²) in [6.45, 7) is 10.3. The van der Waals surface area contributed by atoms with Crippen LogP contribution in [-0.2, 0) is 13.1 Å². The lowest BCUT2D eigenvalue weighted by Gasteiger charge is -2.32. The average molecular weight is 249 g/mol. The summed E-state index contributed by atoms with van der Waals surface area (Å²) in [5.74, 6) is 0. The zero-order chi connectivity index (χ0) is 12.8. The van der Waals surface area contributed by atoms with E-state index >= 15 is 0 Å². The molecule has 0 unspecified atom stereocenters. The number of nitrogens with one attached hydrogen (secondary N) is 1. The Morgan fingerprint density at radius 2 is 2.06 bits per heavy atom. The molecule has 2 heterocycles. The molecule has 0 spiro atoms. The molecular weight excluding hydrogens is 222 g/mol. The van der Waals surface area contributed by atoms with Crippen LogP contribution in [0.25, 0.3) is 0 Å². The third-order valence-electron chi connectivity index (χ3n) is 3.90. The largest absolute Gasteiger partial charge is 0.354 e. The van der Waals surface area contributed by atoms with Crippen molar-refractivity contribution in [3.63, 3.8) is 0 Å². The van der Waals surface area contributed by atoms with Crippen LogP contribution in [0.5, 0.6) is 0 Å². The maximum Gasteiger partial charge on any atom is 0.0223 e. The van der Waals surface area contributed by atoms with E-state index < -0.39 is 0 Å². The minimum absolute atomic E-state index is 0.711. The fraction of sp³-hybridized carbons (Fsp3) is 0.733. The number of aromatic nitrogens is 1. The van der Waals surface area contributed by atoms with Gasteiger partial charge in [0.15, 0.2) is 0 Å². The van der Waals surface area contributed by atoms with E-state index in [0.29, 0.717) is 6.04 Å². The fourth-order valence-corrected chi connectivity index (χ4v) is 2.73. The quantitative estimate of drug-likeness (QED) is 0.836. The van der Waals surface area contributed by atoms with Gasteiger partial charge in [0, 0.05) is 31.5 Å². The molecule has 1 N–H and O–H groups in total. The van der Waals surface area contributed by atoms with E-state index in [0.717, 1.165) is 13.1 Å². The predicted molar refractivity (Wildman–Crippen MR) is 76.7 cm³/mol. The molecule has 0 radical (unpaired) electrons. The molecule has 3 heteroatoms. The molecular formula is C15H27N3. The van der Waals surface area contributed by atoms with Crippen molar-refractivity contribution in [2.45, 2.75) is 52.2 Å². The molecule has 102 valence electrons. The first-order valence-corrected chi connectivity index (χ1v) is 7.42. The minimum Gasteiger partial charge on any atom is -0.354 e. The summed E-state index contributed by atoms with van der Waals surface area (Å²) < 4.78 is 2.24. The summed E-state index contributed by atoms with van der Waals surface area (Å²) in [5.41, 5.74) is 1.41. The number of piperidine rings is 1. The predicted octanol–water partition coefficient (Wildman–Crippen LogP) is 2.47. The third-order valence-corrected chi connectivity index (χ3v) is 3.90. The number of likely N-dealkylation sites (tertiary alicyclic amines) is 1. The molecule has 0 aromatic carbocycles. The standard InChI is InChI=1S/C15H27N3/c1-3-8-18-10-6-15(7-11-18)16-12-14-5-9-17(4-2)13-14/h5,9,13,15-16H,3-4,6-8,10-12H2,1-2H3. The Kier molecular flexibility index (Phi) is 5.26. The van der Waals surface area contributed by atoms with Gasteiger partial charge in [-0.1, -0.05) is 6.92 Å². The number of aryl methyl sites for hydroxylation is 1. The van der Waals surface area contributed by atoms with Crippen LogP contribution in [0.15, 0.2) is 18.5 Å². The molecule has 0 amide bonds. The summed E-state index contributed by atoms with van der Waals surface area (Å²) in [5, 5.41) is 3.70. The fourth-order valence-electron chi connectivity index (χ4n) is 2.73. The van der Waals surface area contributed by atoms with Crippen LogP contribution in [0.3, 0.4) is 0 Å². The van der Waals surface area contributed by atoms with Crippen molar-refractivity contribution in [2.24, 2.45) is 0 Å². The van der Waals surface area contributed by atoms with Gasteiger partial charge < -0.3 is 14.8 Å². The highest BCUT2D eigenvalue weighted by molar-refractivity contribution is 5.10. The van der Waals surface area contributed by atoms with Crippen molar-refractivity contribution >= 4 is 0 Å².